The van der Waals surface area contributed by atoms with Crippen LogP contribution in [0.5, 0.6) is 11.5 Å². The highest BCUT2D eigenvalue weighted by Crippen LogP contribution is 2.32. The van der Waals surface area contributed by atoms with Gasteiger partial charge in [0.15, 0.2) is 11.5 Å². The van der Waals surface area contributed by atoms with E-state index < -0.39 is 5.69 Å². The molecule has 1 aliphatic rings. The average molecular weight is 285 g/mol. The molecule has 1 aromatic carbocycles. The zero-order valence-electron chi connectivity index (χ0n) is 11.4. The molecule has 0 amide bonds. The molecule has 1 aliphatic heterocycles. The van der Waals surface area contributed by atoms with Crippen molar-refractivity contribution in [3.63, 3.8) is 0 Å². The molecule has 108 valence electrons. The van der Waals surface area contributed by atoms with Crippen molar-refractivity contribution in [2.24, 2.45) is 0 Å². The number of anilines is 1. The molecule has 2 aromatic rings. The summed E-state index contributed by atoms with van der Waals surface area (Å²) in [6, 6.07) is 7.28. The maximum Gasteiger partial charge on any atom is 0.346 e. The Morgan fingerprint density at radius 3 is 2.86 bits per heavy atom. The van der Waals surface area contributed by atoms with Gasteiger partial charge in [0.2, 0.25) is 0 Å². The summed E-state index contributed by atoms with van der Waals surface area (Å²) in [6.07, 6.45) is 2.30. The Hall–Kier alpha value is -2.76. The number of hydrogen-bond donors (Lipinski definition) is 2. The van der Waals surface area contributed by atoms with E-state index in [9.17, 15) is 4.79 Å². The largest absolute Gasteiger partial charge is 0.490 e. The summed E-state index contributed by atoms with van der Waals surface area (Å²) in [7, 11) is 0. The van der Waals surface area contributed by atoms with Gasteiger partial charge in [-0.15, -0.1) is 0 Å². The van der Waals surface area contributed by atoms with E-state index >= 15 is 0 Å². The fourth-order valence-electron chi connectivity index (χ4n) is 2.03. The van der Waals surface area contributed by atoms with Crippen LogP contribution in [0.25, 0.3) is 5.70 Å². The van der Waals surface area contributed by atoms with Gasteiger partial charge in [0.1, 0.15) is 5.82 Å². The Morgan fingerprint density at radius 2 is 2.05 bits per heavy atom. The first-order valence-corrected chi connectivity index (χ1v) is 6.64. The molecule has 0 aliphatic carbocycles. The van der Waals surface area contributed by atoms with Gasteiger partial charge in [-0.3, -0.25) is 4.98 Å². The summed E-state index contributed by atoms with van der Waals surface area (Å²) >= 11 is 0. The third kappa shape index (κ3) is 3.05. The third-order valence-corrected chi connectivity index (χ3v) is 3.06. The summed E-state index contributed by atoms with van der Waals surface area (Å²) in [6.45, 7) is 5.26. The van der Waals surface area contributed by atoms with E-state index in [1.165, 1.54) is 6.20 Å². The monoisotopic (exact) mass is 285 g/mol. The molecule has 0 fully saturated rings. The number of H-pyrrole nitrogens is 1. The Kier molecular flexibility index (Phi) is 3.59. The molecule has 0 unspecified atom stereocenters. The van der Waals surface area contributed by atoms with Gasteiger partial charge in [-0.05, 0) is 24.3 Å². The summed E-state index contributed by atoms with van der Waals surface area (Å²) in [4.78, 5) is 17.3. The predicted molar refractivity (Wildman–Crippen MR) is 79.6 cm³/mol. The van der Waals surface area contributed by atoms with Crippen LogP contribution in [0.2, 0.25) is 0 Å². The van der Waals surface area contributed by atoms with E-state index in [-0.39, 0.29) is 0 Å². The summed E-state index contributed by atoms with van der Waals surface area (Å²) < 4.78 is 11.2. The molecule has 2 N–H and O–H groups in total. The van der Waals surface area contributed by atoms with E-state index in [2.05, 4.69) is 21.9 Å². The first-order valence-electron chi connectivity index (χ1n) is 6.64. The molecular weight excluding hydrogens is 270 g/mol. The number of nitrogens with zero attached hydrogens (tertiary/aromatic N) is 1. The van der Waals surface area contributed by atoms with Crippen LogP contribution in [0.4, 0.5) is 5.82 Å². The number of nitrogens with one attached hydrogen (secondary N) is 2. The molecule has 0 saturated carbocycles. The standard InChI is InChI=1S/C15H15N3O3/c1-10(17-14-5-6-16-15(19)18-14)11-3-4-12-13(9-11)21-8-2-7-20-12/h3-6,9H,1-2,7-8H2,(H2,16,17,18,19). The second kappa shape index (κ2) is 5.70. The zero-order chi connectivity index (χ0) is 14.7. The molecule has 0 spiro atoms. The zero-order valence-corrected chi connectivity index (χ0v) is 11.4. The Bertz CT molecular complexity index is 724. The molecule has 0 atom stereocenters. The molecule has 2 heterocycles. The fraction of sp³-hybridized carbons (Fsp3) is 0.200. The minimum Gasteiger partial charge on any atom is -0.490 e. The van der Waals surface area contributed by atoms with Gasteiger partial charge in [0.05, 0.1) is 13.2 Å². The topological polar surface area (TPSA) is 76.2 Å². The molecule has 3 rings (SSSR count). The van der Waals surface area contributed by atoms with E-state index in [1.54, 1.807) is 6.07 Å². The van der Waals surface area contributed by atoms with Crippen LogP contribution in [0.3, 0.4) is 0 Å². The highest BCUT2D eigenvalue weighted by Gasteiger charge is 2.12. The first kappa shape index (κ1) is 13.2. The highest BCUT2D eigenvalue weighted by molar-refractivity contribution is 5.75. The van der Waals surface area contributed by atoms with Crippen molar-refractivity contribution in [1.82, 2.24) is 9.97 Å². The molecule has 21 heavy (non-hydrogen) atoms. The van der Waals surface area contributed by atoms with Gasteiger partial charge < -0.3 is 14.8 Å². The molecular formula is C15H15N3O3. The van der Waals surface area contributed by atoms with Gasteiger partial charge in [-0.25, -0.2) is 9.78 Å². The minimum atomic E-state index is -0.411. The molecule has 0 bridgehead atoms. The van der Waals surface area contributed by atoms with Crippen LogP contribution in [0.1, 0.15) is 12.0 Å². The number of aromatic nitrogens is 2. The van der Waals surface area contributed by atoms with Crippen LogP contribution in [-0.4, -0.2) is 23.2 Å². The van der Waals surface area contributed by atoms with Gasteiger partial charge in [-0.2, -0.15) is 0 Å². The Balaban J connectivity index is 1.81. The van der Waals surface area contributed by atoms with E-state index in [0.29, 0.717) is 30.5 Å². The number of benzene rings is 1. The van der Waals surface area contributed by atoms with E-state index in [0.717, 1.165) is 17.7 Å². The molecule has 0 radical (unpaired) electrons. The fourth-order valence-corrected chi connectivity index (χ4v) is 2.03. The summed E-state index contributed by atoms with van der Waals surface area (Å²) in [5.74, 6) is 1.98. The number of ether oxygens (including phenoxy) is 2. The lowest BCUT2D eigenvalue weighted by Crippen LogP contribution is -2.11. The predicted octanol–water partition coefficient (Wildman–Crippen LogP) is 2.01. The maximum absolute atomic E-state index is 11.2. The van der Waals surface area contributed by atoms with Crippen LogP contribution in [-0.2, 0) is 0 Å². The van der Waals surface area contributed by atoms with Crippen molar-refractivity contribution in [2.45, 2.75) is 6.42 Å². The van der Waals surface area contributed by atoms with Crippen molar-refractivity contribution in [1.29, 1.82) is 0 Å². The number of rotatable bonds is 3. The van der Waals surface area contributed by atoms with Gasteiger partial charge in [-0.1, -0.05) is 6.58 Å². The van der Waals surface area contributed by atoms with Crippen LogP contribution in [0.15, 0.2) is 41.8 Å². The third-order valence-electron chi connectivity index (χ3n) is 3.06. The average Bonchev–Trinajstić information content (AvgIpc) is 2.71. The number of hydrogen-bond acceptors (Lipinski definition) is 5. The molecule has 1 aromatic heterocycles. The summed E-state index contributed by atoms with van der Waals surface area (Å²) in [5, 5.41) is 3.04. The maximum atomic E-state index is 11.2. The van der Waals surface area contributed by atoms with Gasteiger partial charge >= 0.3 is 5.69 Å². The lowest BCUT2D eigenvalue weighted by molar-refractivity contribution is 0.297. The SMILES string of the molecule is C=C(Nc1ccnc(=O)[nH]1)c1ccc2c(c1)OCCCO2. The Labute approximate surface area is 121 Å². The molecule has 6 heteroatoms. The Morgan fingerprint density at radius 1 is 1.24 bits per heavy atom. The van der Waals surface area contributed by atoms with E-state index in [4.69, 9.17) is 9.47 Å². The quantitative estimate of drug-likeness (QED) is 0.902. The lowest BCUT2D eigenvalue weighted by atomic mass is 10.1. The van der Waals surface area contributed by atoms with Gasteiger partial charge in [0.25, 0.3) is 0 Å². The van der Waals surface area contributed by atoms with Crippen LogP contribution < -0.4 is 20.5 Å². The van der Waals surface area contributed by atoms with E-state index in [1.807, 2.05) is 18.2 Å². The van der Waals surface area contributed by atoms with Crippen LogP contribution >= 0.6 is 0 Å². The second-order valence-corrected chi connectivity index (χ2v) is 4.60. The van der Waals surface area contributed by atoms with Crippen LogP contribution in [0, 0.1) is 0 Å². The first-order chi connectivity index (χ1) is 10.2. The van der Waals surface area contributed by atoms with Gasteiger partial charge in [0, 0.05) is 23.9 Å². The minimum absolute atomic E-state index is 0.411. The summed E-state index contributed by atoms with van der Waals surface area (Å²) in [5.41, 5.74) is 1.09. The lowest BCUT2D eigenvalue weighted by Gasteiger charge is -2.12. The van der Waals surface area contributed by atoms with Crippen molar-refractivity contribution in [2.75, 3.05) is 18.5 Å². The molecule has 6 nitrogen and oxygen atoms in total. The van der Waals surface area contributed by atoms with Crippen molar-refractivity contribution < 1.29 is 9.47 Å². The smallest absolute Gasteiger partial charge is 0.346 e. The van der Waals surface area contributed by atoms with Crippen molar-refractivity contribution >= 4 is 11.5 Å². The highest BCUT2D eigenvalue weighted by atomic mass is 16.5. The number of fused-ring (bicyclic) bond motifs is 1. The number of aromatic amines is 1. The molecule has 0 saturated heterocycles. The van der Waals surface area contributed by atoms with Crippen molar-refractivity contribution in [3.05, 3.63) is 53.1 Å². The normalized spacial score (nSPS) is 13.3. The van der Waals surface area contributed by atoms with Crippen molar-refractivity contribution in [3.8, 4) is 11.5 Å². The second-order valence-electron chi connectivity index (χ2n) is 4.60.